The zero-order valence-corrected chi connectivity index (χ0v) is 22.0. The number of aromatic hydroxyl groups is 2. The smallest absolute Gasteiger partial charge is 0.226 e. The summed E-state index contributed by atoms with van der Waals surface area (Å²) < 4.78 is 10.7. The molecule has 0 aromatic carbocycles. The van der Waals surface area contributed by atoms with Gasteiger partial charge in [-0.05, 0) is 23.7 Å². The summed E-state index contributed by atoms with van der Waals surface area (Å²) in [5.74, 6) is 0.593. The third-order valence-electron chi connectivity index (χ3n) is 6.75. The van der Waals surface area contributed by atoms with Gasteiger partial charge in [-0.2, -0.15) is 0 Å². The Balaban J connectivity index is 1.49. The molecule has 35 heavy (non-hydrogen) atoms. The molecule has 0 aliphatic carbocycles. The molecule has 2 aromatic rings. The van der Waals surface area contributed by atoms with E-state index in [9.17, 15) is 19.8 Å². The maximum absolute atomic E-state index is 11.6. The molecule has 0 unspecified atom stereocenters. The third kappa shape index (κ3) is 11.2. The molecule has 6 nitrogen and oxygen atoms in total. The number of hydrogen-bond acceptors (Lipinski definition) is 6. The van der Waals surface area contributed by atoms with Gasteiger partial charge in [0.1, 0.15) is 24.0 Å². The molecule has 196 valence electrons. The van der Waals surface area contributed by atoms with Gasteiger partial charge >= 0.3 is 0 Å². The van der Waals surface area contributed by atoms with Crippen LogP contribution in [0.1, 0.15) is 110 Å². The molecule has 0 bridgehead atoms. The van der Waals surface area contributed by atoms with Crippen molar-refractivity contribution in [2.24, 2.45) is 10.8 Å². The predicted molar refractivity (Wildman–Crippen MR) is 139 cm³/mol. The maximum Gasteiger partial charge on any atom is 0.226 e. The molecule has 2 rings (SSSR count). The highest BCUT2D eigenvalue weighted by molar-refractivity contribution is 5.16. The molecule has 0 amide bonds. The monoisotopic (exact) mass is 488 g/mol. The predicted octanol–water partition coefficient (Wildman–Crippen LogP) is 7.13. The minimum absolute atomic E-state index is 0.0638. The summed E-state index contributed by atoms with van der Waals surface area (Å²) >= 11 is 0. The molecule has 2 heterocycles. The lowest BCUT2D eigenvalue weighted by molar-refractivity contribution is 0.285. The summed E-state index contributed by atoms with van der Waals surface area (Å²) in [6, 6.07) is 2.79. The SMILES string of the molecule is CC(C)(CCCCCCCCCCCC(C)(C)Cc1cc(=O)c(O)co1)Cc1cc(=O)c(O)co1. The van der Waals surface area contributed by atoms with Gasteiger partial charge in [0.2, 0.25) is 10.9 Å². The van der Waals surface area contributed by atoms with Crippen LogP contribution in [-0.2, 0) is 12.8 Å². The van der Waals surface area contributed by atoms with Crippen LogP contribution >= 0.6 is 0 Å². The van der Waals surface area contributed by atoms with Crippen molar-refractivity contribution < 1.29 is 19.0 Å². The van der Waals surface area contributed by atoms with E-state index < -0.39 is 0 Å². The lowest BCUT2D eigenvalue weighted by Crippen LogP contribution is -2.16. The fraction of sp³-hybridized carbons (Fsp3) is 0.655. The Morgan fingerprint density at radius 3 is 1.23 bits per heavy atom. The van der Waals surface area contributed by atoms with Crippen LogP contribution in [0, 0.1) is 10.8 Å². The van der Waals surface area contributed by atoms with Crippen LogP contribution in [0.3, 0.4) is 0 Å². The summed E-state index contributed by atoms with van der Waals surface area (Å²) in [4.78, 5) is 23.1. The van der Waals surface area contributed by atoms with Crippen molar-refractivity contribution in [1.29, 1.82) is 0 Å². The molecule has 2 N–H and O–H groups in total. The normalized spacial score (nSPS) is 12.2. The Kier molecular flexibility index (Phi) is 11.1. The summed E-state index contributed by atoms with van der Waals surface area (Å²) in [6.45, 7) is 8.78. The van der Waals surface area contributed by atoms with Gasteiger partial charge in [0.05, 0.1) is 0 Å². The average Bonchev–Trinajstić information content (AvgIpc) is 2.76. The molecular weight excluding hydrogens is 444 g/mol. The molecular formula is C29H44O6. The van der Waals surface area contributed by atoms with Gasteiger partial charge in [0, 0.05) is 25.0 Å². The summed E-state index contributed by atoms with van der Waals surface area (Å²) in [7, 11) is 0. The number of rotatable bonds is 16. The van der Waals surface area contributed by atoms with E-state index in [-0.39, 0.29) is 33.2 Å². The van der Waals surface area contributed by atoms with Crippen LogP contribution in [0.5, 0.6) is 11.5 Å². The summed E-state index contributed by atoms with van der Waals surface area (Å²) in [5, 5.41) is 18.6. The largest absolute Gasteiger partial charge is 0.502 e. The molecule has 0 radical (unpaired) electrons. The van der Waals surface area contributed by atoms with E-state index in [0.29, 0.717) is 24.4 Å². The first-order chi connectivity index (χ1) is 16.5. The first-order valence-electron chi connectivity index (χ1n) is 13.1. The van der Waals surface area contributed by atoms with E-state index in [2.05, 4.69) is 27.7 Å². The third-order valence-corrected chi connectivity index (χ3v) is 6.75. The molecule has 0 saturated carbocycles. The number of hydrogen-bond donors (Lipinski definition) is 2. The quantitative estimate of drug-likeness (QED) is 0.244. The lowest BCUT2D eigenvalue weighted by atomic mass is 9.82. The fourth-order valence-electron chi connectivity index (χ4n) is 4.64. The molecule has 0 aliphatic heterocycles. The zero-order chi connectivity index (χ0) is 25.9. The van der Waals surface area contributed by atoms with Crippen LogP contribution in [0.15, 0.2) is 43.1 Å². The van der Waals surface area contributed by atoms with Gasteiger partial charge in [-0.25, -0.2) is 0 Å². The highest BCUT2D eigenvalue weighted by Gasteiger charge is 2.21. The van der Waals surface area contributed by atoms with Crippen molar-refractivity contribution in [2.75, 3.05) is 0 Å². The minimum Gasteiger partial charge on any atom is -0.502 e. The van der Waals surface area contributed by atoms with Crippen molar-refractivity contribution in [3.05, 3.63) is 56.6 Å². The van der Waals surface area contributed by atoms with Gasteiger partial charge in [0.15, 0.2) is 11.5 Å². The van der Waals surface area contributed by atoms with Crippen molar-refractivity contribution in [1.82, 2.24) is 0 Å². The highest BCUT2D eigenvalue weighted by atomic mass is 16.4. The fourth-order valence-corrected chi connectivity index (χ4v) is 4.64. The van der Waals surface area contributed by atoms with Gasteiger partial charge in [-0.3, -0.25) is 9.59 Å². The van der Waals surface area contributed by atoms with Crippen LogP contribution in [0.2, 0.25) is 0 Å². The van der Waals surface area contributed by atoms with E-state index in [1.165, 1.54) is 69.9 Å². The van der Waals surface area contributed by atoms with E-state index in [0.717, 1.165) is 25.4 Å². The summed E-state index contributed by atoms with van der Waals surface area (Å²) in [5.41, 5.74) is -0.632. The second-order valence-electron chi connectivity index (χ2n) is 11.6. The van der Waals surface area contributed by atoms with Crippen molar-refractivity contribution in [3.63, 3.8) is 0 Å². The Morgan fingerprint density at radius 2 is 0.914 bits per heavy atom. The topological polar surface area (TPSA) is 101 Å². The molecule has 0 atom stereocenters. The summed E-state index contributed by atoms with van der Waals surface area (Å²) in [6.07, 6.45) is 17.0. The minimum atomic E-state index is -0.380. The van der Waals surface area contributed by atoms with Gasteiger partial charge in [0.25, 0.3) is 0 Å². The van der Waals surface area contributed by atoms with Gasteiger partial charge in [-0.15, -0.1) is 0 Å². The Bertz CT molecular complexity index is 933. The second kappa shape index (κ2) is 13.6. The van der Waals surface area contributed by atoms with Crippen LogP contribution in [0.25, 0.3) is 0 Å². The van der Waals surface area contributed by atoms with E-state index >= 15 is 0 Å². The second-order valence-corrected chi connectivity index (χ2v) is 11.6. The molecule has 0 fully saturated rings. The van der Waals surface area contributed by atoms with Gasteiger partial charge < -0.3 is 19.0 Å². The Labute approximate surface area is 209 Å². The zero-order valence-electron chi connectivity index (χ0n) is 22.0. The van der Waals surface area contributed by atoms with Crippen LogP contribution in [0.4, 0.5) is 0 Å². The number of unbranched alkanes of at least 4 members (excludes halogenated alkanes) is 8. The lowest BCUT2D eigenvalue weighted by Gasteiger charge is -2.24. The molecule has 2 aromatic heterocycles. The van der Waals surface area contributed by atoms with Crippen LogP contribution in [-0.4, -0.2) is 10.2 Å². The Morgan fingerprint density at radius 1 is 0.600 bits per heavy atom. The average molecular weight is 489 g/mol. The molecule has 0 saturated heterocycles. The molecule has 6 heteroatoms. The highest BCUT2D eigenvalue weighted by Crippen LogP contribution is 2.30. The van der Waals surface area contributed by atoms with Crippen molar-refractivity contribution >= 4 is 0 Å². The van der Waals surface area contributed by atoms with E-state index in [4.69, 9.17) is 8.83 Å². The first-order valence-corrected chi connectivity index (χ1v) is 13.1. The van der Waals surface area contributed by atoms with E-state index in [1.807, 2.05) is 0 Å². The first kappa shape index (κ1) is 28.7. The van der Waals surface area contributed by atoms with Crippen molar-refractivity contribution in [3.8, 4) is 11.5 Å². The van der Waals surface area contributed by atoms with Gasteiger partial charge in [-0.1, -0.05) is 85.5 Å². The van der Waals surface area contributed by atoms with Crippen LogP contribution < -0.4 is 10.9 Å². The molecule has 0 spiro atoms. The Hall–Kier alpha value is -2.50. The van der Waals surface area contributed by atoms with Crippen molar-refractivity contribution in [2.45, 2.75) is 111 Å². The molecule has 0 aliphatic rings. The standard InChI is InChI=1S/C29H44O6/c1-28(2,18-22-16-24(30)26(32)20-34-22)14-12-10-8-6-5-7-9-11-13-15-29(3,4)19-23-17-25(31)27(33)21-35-23/h16-17,20-21,32-33H,5-15,18-19H2,1-4H3. The maximum atomic E-state index is 11.6. The van der Waals surface area contributed by atoms with E-state index in [1.54, 1.807) is 0 Å².